The summed E-state index contributed by atoms with van der Waals surface area (Å²) in [4.78, 5) is 0. The van der Waals surface area contributed by atoms with Crippen LogP contribution in [-0.2, 0) is 16.1 Å². The predicted molar refractivity (Wildman–Crippen MR) is 61.0 cm³/mol. The highest BCUT2D eigenvalue weighted by molar-refractivity contribution is 5.13. The van der Waals surface area contributed by atoms with Gasteiger partial charge in [0.05, 0.1) is 25.9 Å². The quantitative estimate of drug-likeness (QED) is 0.743. The molecule has 0 amide bonds. The van der Waals surface area contributed by atoms with E-state index in [1.807, 2.05) is 18.2 Å². The molecule has 0 bridgehead atoms. The van der Waals surface area contributed by atoms with Crippen LogP contribution >= 0.6 is 0 Å². The fraction of sp³-hybridized carbons (Fsp3) is 0.538. The van der Waals surface area contributed by atoms with Gasteiger partial charge in [0, 0.05) is 5.92 Å². The van der Waals surface area contributed by atoms with E-state index in [2.05, 4.69) is 19.1 Å². The second-order valence-electron chi connectivity index (χ2n) is 4.30. The largest absolute Gasteiger partial charge is 0.394 e. The lowest BCUT2D eigenvalue weighted by molar-refractivity contribution is 0.0825. The Labute approximate surface area is 96.0 Å². The molecule has 1 aliphatic rings. The molecule has 1 fully saturated rings. The van der Waals surface area contributed by atoms with Crippen molar-refractivity contribution in [1.82, 2.24) is 0 Å². The lowest BCUT2D eigenvalue weighted by Crippen LogP contribution is -2.15. The first-order valence-electron chi connectivity index (χ1n) is 5.69. The van der Waals surface area contributed by atoms with E-state index in [1.165, 1.54) is 5.56 Å². The standard InChI is InChI=1S/C13H18O3/c1-10(13-12(7-14)16-13)8-15-9-11-5-3-2-4-6-11/h2-6,10,12-14H,7-9H2,1H3/t10-,12+,13-/m0/s1. The molecule has 1 heterocycles. The van der Waals surface area contributed by atoms with E-state index in [9.17, 15) is 0 Å². The van der Waals surface area contributed by atoms with E-state index in [0.717, 1.165) is 0 Å². The molecule has 1 aromatic rings. The Morgan fingerprint density at radius 1 is 1.38 bits per heavy atom. The van der Waals surface area contributed by atoms with Gasteiger partial charge >= 0.3 is 0 Å². The number of ether oxygens (including phenoxy) is 2. The van der Waals surface area contributed by atoms with Gasteiger partial charge in [0.1, 0.15) is 6.10 Å². The van der Waals surface area contributed by atoms with Crippen molar-refractivity contribution < 1.29 is 14.6 Å². The van der Waals surface area contributed by atoms with Crippen molar-refractivity contribution in [2.45, 2.75) is 25.7 Å². The van der Waals surface area contributed by atoms with Gasteiger partial charge in [-0.3, -0.25) is 0 Å². The smallest absolute Gasteiger partial charge is 0.108 e. The Morgan fingerprint density at radius 2 is 2.12 bits per heavy atom. The summed E-state index contributed by atoms with van der Waals surface area (Å²) in [6.45, 7) is 3.52. The molecule has 0 aliphatic carbocycles. The maximum atomic E-state index is 8.86. The maximum Gasteiger partial charge on any atom is 0.108 e. The number of epoxide rings is 1. The van der Waals surface area contributed by atoms with Crippen LogP contribution in [0.1, 0.15) is 12.5 Å². The number of benzene rings is 1. The molecule has 0 saturated carbocycles. The van der Waals surface area contributed by atoms with Gasteiger partial charge < -0.3 is 14.6 Å². The van der Waals surface area contributed by atoms with Gasteiger partial charge in [-0.1, -0.05) is 37.3 Å². The molecule has 1 aliphatic heterocycles. The zero-order valence-corrected chi connectivity index (χ0v) is 9.50. The minimum absolute atomic E-state index is 0.0373. The zero-order valence-electron chi connectivity index (χ0n) is 9.50. The van der Waals surface area contributed by atoms with Crippen LogP contribution in [0.25, 0.3) is 0 Å². The van der Waals surface area contributed by atoms with Crippen LogP contribution in [0.4, 0.5) is 0 Å². The Morgan fingerprint density at radius 3 is 2.75 bits per heavy atom. The van der Waals surface area contributed by atoms with Gasteiger partial charge in [0.25, 0.3) is 0 Å². The lowest BCUT2D eigenvalue weighted by atomic mass is 10.1. The van der Waals surface area contributed by atoms with E-state index >= 15 is 0 Å². The Kier molecular flexibility index (Phi) is 3.93. The predicted octanol–water partition coefficient (Wildman–Crippen LogP) is 1.60. The van der Waals surface area contributed by atoms with Crippen molar-refractivity contribution in [1.29, 1.82) is 0 Å². The molecular weight excluding hydrogens is 204 g/mol. The third kappa shape index (κ3) is 3.04. The summed E-state index contributed by atoms with van der Waals surface area (Å²) in [5, 5.41) is 8.86. The van der Waals surface area contributed by atoms with Crippen molar-refractivity contribution in [2.24, 2.45) is 5.92 Å². The molecular formula is C13H18O3. The first-order valence-corrected chi connectivity index (χ1v) is 5.69. The summed E-state index contributed by atoms with van der Waals surface area (Å²) >= 11 is 0. The molecule has 0 radical (unpaired) electrons. The molecule has 16 heavy (non-hydrogen) atoms. The van der Waals surface area contributed by atoms with Crippen LogP contribution in [0.15, 0.2) is 30.3 Å². The van der Waals surface area contributed by atoms with Crippen LogP contribution < -0.4 is 0 Å². The third-order valence-corrected chi connectivity index (χ3v) is 2.85. The minimum Gasteiger partial charge on any atom is -0.394 e. The summed E-state index contributed by atoms with van der Waals surface area (Å²) in [7, 11) is 0. The Bertz CT molecular complexity index is 312. The number of hydrogen-bond acceptors (Lipinski definition) is 3. The minimum atomic E-state index is 0.0373. The monoisotopic (exact) mass is 222 g/mol. The summed E-state index contributed by atoms with van der Waals surface area (Å²) < 4.78 is 10.9. The van der Waals surface area contributed by atoms with Crippen LogP contribution in [0.3, 0.4) is 0 Å². The highest BCUT2D eigenvalue weighted by Gasteiger charge is 2.42. The first kappa shape index (κ1) is 11.6. The van der Waals surface area contributed by atoms with E-state index in [-0.39, 0.29) is 18.8 Å². The zero-order chi connectivity index (χ0) is 11.4. The molecule has 0 aromatic heterocycles. The summed E-state index contributed by atoms with van der Waals surface area (Å²) in [6, 6.07) is 10.1. The van der Waals surface area contributed by atoms with Crippen molar-refractivity contribution in [3.8, 4) is 0 Å². The summed E-state index contributed by atoms with van der Waals surface area (Å²) in [5.74, 6) is 0.348. The Balaban J connectivity index is 1.65. The highest BCUT2D eigenvalue weighted by Crippen LogP contribution is 2.29. The van der Waals surface area contributed by atoms with Crippen molar-refractivity contribution in [3.63, 3.8) is 0 Å². The fourth-order valence-corrected chi connectivity index (χ4v) is 1.84. The summed E-state index contributed by atoms with van der Waals surface area (Å²) in [6.07, 6.45) is 0.219. The summed E-state index contributed by atoms with van der Waals surface area (Å²) in [5.41, 5.74) is 1.19. The number of hydrogen-bond donors (Lipinski definition) is 1. The molecule has 3 heteroatoms. The molecule has 3 nitrogen and oxygen atoms in total. The van der Waals surface area contributed by atoms with Gasteiger partial charge in [-0.15, -0.1) is 0 Å². The molecule has 3 atom stereocenters. The molecule has 0 spiro atoms. The molecule has 1 aromatic carbocycles. The van der Waals surface area contributed by atoms with E-state index < -0.39 is 0 Å². The lowest BCUT2D eigenvalue weighted by Gasteiger charge is -2.09. The Hall–Kier alpha value is -0.900. The second-order valence-corrected chi connectivity index (χ2v) is 4.30. The van der Waals surface area contributed by atoms with E-state index in [1.54, 1.807) is 0 Å². The molecule has 0 unspecified atom stereocenters. The van der Waals surface area contributed by atoms with Crippen LogP contribution in [0, 0.1) is 5.92 Å². The SMILES string of the molecule is C[C@@H](COCc1ccccc1)[C@@H]1O[C@@H]1CO. The second kappa shape index (κ2) is 5.43. The number of aliphatic hydroxyl groups excluding tert-OH is 1. The number of rotatable bonds is 6. The molecule has 1 saturated heterocycles. The van der Waals surface area contributed by atoms with Crippen molar-refractivity contribution >= 4 is 0 Å². The average Bonchev–Trinajstić information content (AvgIpc) is 3.09. The normalized spacial score (nSPS) is 25.4. The fourth-order valence-electron chi connectivity index (χ4n) is 1.84. The van der Waals surface area contributed by atoms with Gasteiger partial charge in [-0.2, -0.15) is 0 Å². The van der Waals surface area contributed by atoms with Gasteiger partial charge in [0.2, 0.25) is 0 Å². The van der Waals surface area contributed by atoms with E-state index in [4.69, 9.17) is 14.6 Å². The van der Waals surface area contributed by atoms with Gasteiger partial charge in [-0.05, 0) is 5.56 Å². The average molecular weight is 222 g/mol. The van der Waals surface area contributed by atoms with Gasteiger partial charge in [0.15, 0.2) is 0 Å². The van der Waals surface area contributed by atoms with Gasteiger partial charge in [-0.25, -0.2) is 0 Å². The molecule has 1 N–H and O–H groups in total. The van der Waals surface area contributed by atoms with Crippen molar-refractivity contribution in [2.75, 3.05) is 13.2 Å². The van der Waals surface area contributed by atoms with Crippen LogP contribution in [0.2, 0.25) is 0 Å². The van der Waals surface area contributed by atoms with Crippen molar-refractivity contribution in [3.05, 3.63) is 35.9 Å². The van der Waals surface area contributed by atoms with Crippen LogP contribution in [0.5, 0.6) is 0 Å². The van der Waals surface area contributed by atoms with Crippen LogP contribution in [-0.4, -0.2) is 30.5 Å². The topological polar surface area (TPSA) is 42.0 Å². The highest BCUT2D eigenvalue weighted by atomic mass is 16.6. The first-order chi connectivity index (χ1) is 7.81. The molecule has 88 valence electrons. The maximum absolute atomic E-state index is 8.86. The van der Waals surface area contributed by atoms with E-state index in [0.29, 0.717) is 19.1 Å². The number of aliphatic hydroxyl groups is 1. The molecule has 2 rings (SSSR count). The third-order valence-electron chi connectivity index (χ3n) is 2.85.